The maximum absolute atomic E-state index is 14.4. The summed E-state index contributed by atoms with van der Waals surface area (Å²) in [4.78, 5) is 43.7. The summed E-state index contributed by atoms with van der Waals surface area (Å²) in [5.74, 6) is 0.0562. The number of amides is 1. The fourth-order valence-corrected chi connectivity index (χ4v) is 12.0. The van der Waals surface area contributed by atoms with Gasteiger partial charge in [-0.15, -0.1) is 0 Å². The highest BCUT2D eigenvalue weighted by molar-refractivity contribution is 6.52. The van der Waals surface area contributed by atoms with E-state index in [1.165, 1.54) is 33.4 Å². The number of aromatic amines is 1. The van der Waals surface area contributed by atoms with E-state index in [0.717, 1.165) is 181 Å². The summed E-state index contributed by atoms with van der Waals surface area (Å²) in [7, 11) is 0. The van der Waals surface area contributed by atoms with E-state index in [2.05, 4.69) is 101 Å². The largest absolute Gasteiger partial charge is 0.354 e. The number of ketones is 1. The van der Waals surface area contributed by atoms with Crippen LogP contribution >= 0.6 is 0 Å². The van der Waals surface area contributed by atoms with Crippen molar-refractivity contribution in [1.82, 2.24) is 10.3 Å². The third-order valence-electron chi connectivity index (χ3n) is 15.0. The average Bonchev–Trinajstić information content (AvgIpc) is 4.15. The van der Waals surface area contributed by atoms with E-state index in [0.29, 0.717) is 11.3 Å². The van der Waals surface area contributed by atoms with E-state index < -0.39 is 0 Å². The van der Waals surface area contributed by atoms with E-state index in [1.807, 2.05) is 30.3 Å². The molecule has 0 saturated heterocycles. The first-order chi connectivity index (χ1) is 32.6. The Balaban J connectivity index is 1.12. The number of aliphatic imine (C=N–C) groups is 2. The van der Waals surface area contributed by atoms with Gasteiger partial charge in [0, 0.05) is 27.9 Å². The van der Waals surface area contributed by atoms with Crippen LogP contribution in [0.4, 0.5) is 0 Å². The van der Waals surface area contributed by atoms with Crippen molar-refractivity contribution in [3.8, 4) is 0 Å². The molecule has 3 aliphatic heterocycles. The van der Waals surface area contributed by atoms with Crippen LogP contribution in [0.2, 0.25) is 0 Å². The summed E-state index contributed by atoms with van der Waals surface area (Å²) < 4.78 is 0. The second-order valence-electron chi connectivity index (χ2n) is 18.9. The molecule has 0 atom stereocenters. The van der Waals surface area contributed by atoms with Crippen molar-refractivity contribution in [2.45, 2.75) is 103 Å². The zero-order valence-electron chi connectivity index (χ0n) is 37.6. The molecule has 326 valence electrons. The molecule has 66 heavy (non-hydrogen) atoms. The molecule has 6 heteroatoms. The van der Waals surface area contributed by atoms with Gasteiger partial charge in [-0.1, -0.05) is 121 Å². The molecule has 4 aromatic carbocycles. The van der Waals surface area contributed by atoms with Gasteiger partial charge in [0.05, 0.1) is 34.2 Å². The Morgan fingerprint density at radius 3 is 1.27 bits per heavy atom. The Morgan fingerprint density at radius 1 is 0.394 bits per heavy atom. The second kappa shape index (κ2) is 17.1. The third kappa shape index (κ3) is 6.92. The summed E-state index contributed by atoms with van der Waals surface area (Å²) in [6.07, 6.45) is 16.0. The van der Waals surface area contributed by atoms with E-state index in [4.69, 9.17) is 9.98 Å². The number of H-pyrrole nitrogens is 1. The van der Waals surface area contributed by atoms with Gasteiger partial charge in [0.1, 0.15) is 5.71 Å². The van der Waals surface area contributed by atoms with Gasteiger partial charge in [-0.05, 0) is 158 Å². The summed E-state index contributed by atoms with van der Waals surface area (Å²) in [6, 6.07) is 42.0. The van der Waals surface area contributed by atoms with Crippen LogP contribution in [0.3, 0.4) is 0 Å². The average molecular weight is 863 g/mol. The summed E-state index contributed by atoms with van der Waals surface area (Å²) in [6.45, 7) is 0. The number of nitrogens with one attached hydrogen (secondary N) is 2. The number of hydrogen-bond acceptors (Lipinski definition) is 4. The van der Waals surface area contributed by atoms with Crippen molar-refractivity contribution in [1.29, 1.82) is 0 Å². The van der Waals surface area contributed by atoms with Crippen molar-refractivity contribution >= 4 is 39.8 Å². The Labute approximate surface area is 387 Å². The molecule has 5 aromatic rings. The number of rotatable bonds is 8. The summed E-state index contributed by atoms with van der Waals surface area (Å²) in [5.41, 5.74) is 23.9. The first-order valence-electron chi connectivity index (χ1n) is 24.5. The molecule has 12 rings (SSSR count). The number of nitrogens with zero attached hydrogens (tertiary/aromatic N) is 2. The highest BCUT2D eigenvalue weighted by Crippen LogP contribution is 2.50. The molecule has 0 fully saturated rings. The SMILES string of the molecule is O=C1NC(=C(C2=NC(=C(c3ccccc3)c3[nH]c(C(=C4N=C(C(=O)c5ccccc5)C5=C4CCCC5)c4ccccc4)c4c3CCCC4)C3=C2CCCC3)c2ccccc2)C2=C1CCCC2. The second-order valence-corrected chi connectivity index (χ2v) is 18.9. The topological polar surface area (TPSA) is 86.7 Å². The zero-order chi connectivity index (χ0) is 44.1. The molecule has 4 heterocycles. The van der Waals surface area contributed by atoms with Gasteiger partial charge in [-0.25, -0.2) is 9.98 Å². The van der Waals surface area contributed by atoms with Crippen LogP contribution in [0.1, 0.15) is 139 Å². The minimum absolute atomic E-state index is 0.00202. The van der Waals surface area contributed by atoms with Gasteiger partial charge in [-0.3, -0.25) is 9.59 Å². The predicted molar refractivity (Wildman–Crippen MR) is 266 cm³/mol. The van der Waals surface area contributed by atoms with E-state index in [1.54, 1.807) is 0 Å². The molecular weight excluding hydrogens is 809 g/mol. The maximum atomic E-state index is 14.4. The van der Waals surface area contributed by atoms with Crippen molar-refractivity contribution in [3.63, 3.8) is 0 Å². The highest BCUT2D eigenvalue weighted by Gasteiger charge is 2.39. The number of allylic oxidation sites excluding steroid dienone is 6. The fraction of sp³-hybridized carbons (Fsp3) is 0.267. The lowest BCUT2D eigenvalue weighted by Crippen LogP contribution is -2.20. The molecule has 7 aliphatic rings. The number of fused-ring (bicyclic) bond motifs is 1. The van der Waals surface area contributed by atoms with Gasteiger partial charge in [0.25, 0.3) is 5.91 Å². The zero-order valence-corrected chi connectivity index (χ0v) is 37.6. The van der Waals surface area contributed by atoms with Crippen molar-refractivity contribution in [2.75, 3.05) is 0 Å². The number of carbonyl (C=O) groups excluding carboxylic acids is 2. The molecule has 6 nitrogen and oxygen atoms in total. The number of benzene rings is 4. The number of carbonyl (C=O) groups is 2. The molecular formula is C60H54N4O2. The quantitative estimate of drug-likeness (QED) is 0.152. The molecule has 0 bridgehead atoms. The van der Waals surface area contributed by atoms with Crippen LogP contribution in [0, 0.1) is 0 Å². The first kappa shape index (κ1) is 40.6. The molecule has 1 aromatic heterocycles. The first-order valence-corrected chi connectivity index (χ1v) is 24.5. The van der Waals surface area contributed by atoms with E-state index >= 15 is 0 Å². The van der Waals surface area contributed by atoms with Gasteiger partial charge in [0.2, 0.25) is 5.78 Å². The van der Waals surface area contributed by atoms with Crippen molar-refractivity contribution in [3.05, 3.63) is 217 Å². The van der Waals surface area contributed by atoms with Gasteiger partial charge in [-0.2, -0.15) is 0 Å². The number of Topliss-reactive ketones (excluding diaryl/α,β-unsaturated/α-hetero) is 1. The Kier molecular flexibility index (Phi) is 10.5. The molecule has 0 radical (unpaired) electrons. The Bertz CT molecular complexity index is 3100. The maximum Gasteiger partial charge on any atom is 0.251 e. The summed E-state index contributed by atoms with van der Waals surface area (Å²) >= 11 is 0. The molecule has 0 unspecified atom stereocenters. The summed E-state index contributed by atoms with van der Waals surface area (Å²) in [5, 5.41) is 3.41. The van der Waals surface area contributed by atoms with Crippen molar-refractivity contribution in [2.24, 2.45) is 9.98 Å². The van der Waals surface area contributed by atoms with E-state index in [9.17, 15) is 9.59 Å². The van der Waals surface area contributed by atoms with Crippen LogP contribution in [0.25, 0.3) is 16.7 Å². The van der Waals surface area contributed by atoms with Gasteiger partial charge in [0.15, 0.2) is 0 Å². The molecule has 4 aliphatic carbocycles. The normalized spacial score (nSPS) is 21.4. The molecule has 2 N–H and O–H groups in total. The monoisotopic (exact) mass is 862 g/mol. The minimum atomic E-state index is 0.00202. The van der Waals surface area contributed by atoms with E-state index in [-0.39, 0.29) is 11.7 Å². The minimum Gasteiger partial charge on any atom is -0.354 e. The highest BCUT2D eigenvalue weighted by atomic mass is 16.2. The van der Waals surface area contributed by atoms with Crippen LogP contribution in [0.5, 0.6) is 0 Å². The Morgan fingerprint density at radius 2 is 0.773 bits per heavy atom. The number of hydrogen-bond donors (Lipinski definition) is 2. The standard InChI is InChI=1S/C60H54N4O2/c65-59(40-27-11-4-12-28-40)58-46-34-18-17-33-45(46)56(63-58)50(38-23-7-2-8-24-38)54-42-30-14-13-29-41(42)52(61-54)49(37-21-5-1-6-22-37)53-43-31-15-16-32-44(43)55(62-53)51(39-25-9-3-10-26-39)57-47-35-19-20-36-48(47)60(66)64-57/h1-12,21-28,61H,13-20,29-36H2,(H,64,66). The third-order valence-corrected chi connectivity index (χ3v) is 15.0. The molecule has 0 saturated carbocycles. The molecule has 1 amide bonds. The van der Waals surface area contributed by atoms with Gasteiger partial charge >= 0.3 is 0 Å². The Hall–Kier alpha value is -6.92. The van der Waals surface area contributed by atoms with Crippen LogP contribution in [-0.4, -0.2) is 28.1 Å². The van der Waals surface area contributed by atoms with Gasteiger partial charge < -0.3 is 10.3 Å². The van der Waals surface area contributed by atoms with Crippen LogP contribution < -0.4 is 5.32 Å². The van der Waals surface area contributed by atoms with Crippen LogP contribution in [0.15, 0.2) is 182 Å². The lowest BCUT2D eigenvalue weighted by atomic mass is 9.82. The van der Waals surface area contributed by atoms with Crippen molar-refractivity contribution < 1.29 is 9.59 Å². The fourth-order valence-electron chi connectivity index (χ4n) is 12.0. The molecule has 0 spiro atoms. The lowest BCUT2D eigenvalue weighted by Gasteiger charge is -2.21. The predicted octanol–water partition coefficient (Wildman–Crippen LogP) is 13.4. The lowest BCUT2D eigenvalue weighted by molar-refractivity contribution is -0.116. The smallest absolute Gasteiger partial charge is 0.251 e. The van der Waals surface area contributed by atoms with Crippen LogP contribution in [-0.2, 0) is 17.6 Å². The number of aromatic nitrogens is 1.